The van der Waals surface area contributed by atoms with Crippen molar-refractivity contribution in [2.75, 3.05) is 34.5 Å². The second-order valence-corrected chi connectivity index (χ2v) is 9.12. The molecule has 0 saturated carbocycles. The number of benzene rings is 3. The normalized spacial score (nSPS) is 12.6. The minimum absolute atomic E-state index is 0.140. The minimum Gasteiger partial charge on any atom is -0.497 e. The van der Waals surface area contributed by atoms with Gasteiger partial charge in [0.25, 0.3) is 5.91 Å². The molecule has 0 N–H and O–H groups in total. The number of methoxy groups -OCH3 is 3. The number of rotatable bonds is 10. The molecule has 0 radical (unpaired) electrons. The molecule has 1 aliphatic rings. The lowest BCUT2D eigenvalue weighted by Crippen LogP contribution is -2.27. The Morgan fingerprint density at radius 1 is 0.921 bits per heavy atom. The van der Waals surface area contributed by atoms with E-state index in [9.17, 15) is 9.18 Å². The van der Waals surface area contributed by atoms with E-state index in [1.54, 1.807) is 44.6 Å². The molecule has 1 amide bonds. The number of amides is 1. The highest BCUT2D eigenvalue weighted by Crippen LogP contribution is 2.44. The summed E-state index contributed by atoms with van der Waals surface area (Å²) in [6.45, 7) is 1.51. The first-order valence-corrected chi connectivity index (χ1v) is 12.3. The van der Waals surface area contributed by atoms with Crippen LogP contribution in [0, 0.1) is 5.82 Å². The number of carbonyl (C=O) groups is 1. The topological polar surface area (TPSA) is 70.1 Å². The Balaban J connectivity index is 1.58. The zero-order valence-electron chi connectivity index (χ0n) is 21.6. The standard InChI is InChI=1S/C30H29FN2O5/c1-35-13-12-33-17-25-26(30(33)34)29(38-18-20-6-10-23(36-2)11-7-20)27-24(28(25)37-3)15-21(16-32-27)14-19-4-8-22(31)9-5-19/h4-11,15-16H,12-14,17-18H2,1-3H3. The summed E-state index contributed by atoms with van der Waals surface area (Å²) in [6, 6.07) is 16.0. The van der Waals surface area contributed by atoms with Crippen LogP contribution in [0.1, 0.15) is 32.6 Å². The van der Waals surface area contributed by atoms with Crippen molar-refractivity contribution in [1.82, 2.24) is 9.88 Å². The molecular formula is C30H29FN2O5. The highest BCUT2D eigenvalue weighted by atomic mass is 19.1. The number of hydrogen-bond acceptors (Lipinski definition) is 6. The van der Waals surface area contributed by atoms with Crippen LogP contribution in [0.5, 0.6) is 17.2 Å². The number of aromatic nitrogens is 1. The molecule has 0 saturated heterocycles. The van der Waals surface area contributed by atoms with Gasteiger partial charge in [0.05, 0.1) is 32.9 Å². The van der Waals surface area contributed by atoms with Crippen molar-refractivity contribution < 1.29 is 28.1 Å². The SMILES string of the molecule is COCCN1Cc2c(c(OCc3ccc(OC)cc3)c3ncc(Cc4ccc(F)cc4)cc3c2OC)C1=O. The molecule has 38 heavy (non-hydrogen) atoms. The number of ether oxygens (including phenoxy) is 4. The summed E-state index contributed by atoms with van der Waals surface area (Å²) in [5.74, 6) is 1.38. The van der Waals surface area contributed by atoms with Gasteiger partial charge in [0.1, 0.15) is 29.4 Å². The molecule has 1 aromatic heterocycles. The van der Waals surface area contributed by atoms with E-state index in [0.717, 1.165) is 33.4 Å². The quantitative estimate of drug-likeness (QED) is 0.290. The zero-order valence-corrected chi connectivity index (χ0v) is 21.6. The van der Waals surface area contributed by atoms with Gasteiger partial charge in [-0.3, -0.25) is 9.78 Å². The fraction of sp³-hybridized carbons (Fsp3) is 0.267. The maximum atomic E-state index is 13.5. The van der Waals surface area contributed by atoms with E-state index in [2.05, 4.69) is 0 Å². The summed E-state index contributed by atoms with van der Waals surface area (Å²) >= 11 is 0. The van der Waals surface area contributed by atoms with Crippen LogP contribution >= 0.6 is 0 Å². The van der Waals surface area contributed by atoms with E-state index in [1.807, 2.05) is 30.3 Å². The van der Waals surface area contributed by atoms with Gasteiger partial charge in [-0.2, -0.15) is 0 Å². The lowest BCUT2D eigenvalue weighted by molar-refractivity contribution is 0.0716. The van der Waals surface area contributed by atoms with Crippen molar-refractivity contribution in [3.63, 3.8) is 0 Å². The van der Waals surface area contributed by atoms with E-state index in [-0.39, 0.29) is 18.3 Å². The average Bonchev–Trinajstić information content (AvgIpc) is 3.27. The van der Waals surface area contributed by atoms with Crippen LogP contribution in [-0.4, -0.2) is 50.3 Å². The van der Waals surface area contributed by atoms with Crippen LogP contribution in [0.15, 0.2) is 60.8 Å². The first-order valence-electron chi connectivity index (χ1n) is 12.3. The van der Waals surface area contributed by atoms with E-state index in [0.29, 0.717) is 48.7 Å². The van der Waals surface area contributed by atoms with Gasteiger partial charge in [-0.15, -0.1) is 0 Å². The maximum Gasteiger partial charge on any atom is 0.258 e. The van der Waals surface area contributed by atoms with E-state index >= 15 is 0 Å². The summed E-state index contributed by atoms with van der Waals surface area (Å²) in [5, 5.41) is 0.761. The Morgan fingerprint density at radius 2 is 1.66 bits per heavy atom. The largest absolute Gasteiger partial charge is 0.497 e. The predicted molar refractivity (Wildman–Crippen MR) is 141 cm³/mol. The first-order chi connectivity index (χ1) is 18.5. The van der Waals surface area contributed by atoms with E-state index in [1.165, 1.54) is 12.1 Å². The molecule has 1 aliphatic heterocycles. The van der Waals surface area contributed by atoms with Crippen molar-refractivity contribution in [2.45, 2.75) is 19.6 Å². The molecule has 4 aromatic rings. The van der Waals surface area contributed by atoms with Gasteiger partial charge in [0, 0.05) is 30.8 Å². The molecule has 0 aliphatic carbocycles. The summed E-state index contributed by atoms with van der Waals surface area (Å²) in [4.78, 5) is 20.0. The van der Waals surface area contributed by atoms with Gasteiger partial charge in [0.2, 0.25) is 0 Å². The Bertz CT molecular complexity index is 1450. The fourth-order valence-corrected chi connectivity index (χ4v) is 4.76. The highest BCUT2D eigenvalue weighted by molar-refractivity contribution is 6.09. The number of halogens is 1. The Hall–Kier alpha value is -4.17. The number of hydrogen-bond donors (Lipinski definition) is 0. The second kappa shape index (κ2) is 11.1. The van der Waals surface area contributed by atoms with Crippen LogP contribution in [0.3, 0.4) is 0 Å². The van der Waals surface area contributed by atoms with Gasteiger partial charge in [-0.05, 0) is 53.4 Å². The van der Waals surface area contributed by atoms with Gasteiger partial charge >= 0.3 is 0 Å². The van der Waals surface area contributed by atoms with Crippen LogP contribution in [0.2, 0.25) is 0 Å². The molecule has 0 fully saturated rings. The number of carbonyl (C=O) groups excluding carboxylic acids is 1. The molecule has 5 rings (SSSR count). The van der Waals surface area contributed by atoms with Crippen molar-refractivity contribution in [1.29, 1.82) is 0 Å². The number of pyridine rings is 1. The number of fused-ring (bicyclic) bond motifs is 2. The smallest absolute Gasteiger partial charge is 0.258 e. The molecule has 3 aromatic carbocycles. The number of nitrogens with zero attached hydrogens (tertiary/aromatic N) is 2. The summed E-state index contributed by atoms with van der Waals surface area (Å²) < 4.78 is 36.1. The van der Waals surface area contributed by atoms with E-state index in [4.69, 9.17) is 23.9 Å². The monoisotopic (exact) mass is 516 g/mol. The van der Waals surface area contributed by atoms with Crippen molar-refractivity contribution in [3.05, 3.63) is 94.4 Å². The Kier molecular flexibility index (Phi) is 7.42. The highest BCUT2D eigenvalue weighted by Gasteiger charge is 2.36. The Labute approximate surface area is 220 Å². The lowest BCUT2D eigenvalue weighted by atomic mass is 9.99. The molecular weight excluding hydrogens is 487 g/mol. The van der Waals surface area contributed by atoms with Crippen LogP contribution in [0.25, 0.3) is 10.9 Å². The third kappa shape index (κ3) is 4.99. The fourth-order valence-electron chi connectivity index (χ4n) is 4.76. The molecule has 7 nitrogen and oxygen atoms in total. The molecule has 0 bridgehead atoms. The predicted octanol–water partition coefficient (Wildman–Crippen LogP) is 5.16. The molecule has 0 atom stereocenters. The summed E-state index contributed by atoms with van der Waals surface area (Å²) in [5.41, 5.74) is 4.62. The third-order valence-corrected chi connectivity index (χ3v) is 6.69. The zero-order chi connectivity index (χ0) is 26.6. The van der Waals surface area contributed by atoms with Gasteiger partial charge < -0.3 is 23.8 Å². The van der Waals surface area contributed by atoms with Gasteiger partial charge in [-0.1, -0.05) is 24.3 Å². The average molecular weight is 517 g/mol. The third-order valence-electron chi connectivity index (χ3n) is 6.69. The summed E-state index contributed by atoms with van der Waals surface area (Å²) in [6.07, 6.45) is 2.34. The second-order valence-electron chi connectivity index (χ2n) is 9.12. The molecule has 2 heterocycles. The Morgan fingerprint density at radius 3 is 2.34 bits per heavy atom. The molecule has 0 unspecified atom stereocenters. The van der Waals surface area contributed by atoms with Crippen LogP contribution in [-0.2, 0) is 24.3 Å². The van der Waals surface area contributed by atoms with Gasteiger partial charge in [-0.25, -0.2) is 4.39 Å². The van der Waals surface area contributed by atoms with Crippen molar-refractivity contribution in [3.8, 4) is 17.2 Å². The van der Waals surface area contributed by atoms with Crippen molar-refractivity contribution in [2.24, 2.45) is 0 Å². The minimum atomic E-state index is -0.274. The lowest BCUT2D eigenvalue weighted by Gasteiger charge is -2.17. The van der Waals surface area contributed by atoms with Crippen LogP contribution in [0.4, 0.5) is 4.39 Å². The first kappa shape index (κ1) is 25.5. The summed E-state index contributed by atoms with van der Waals surface area (Å²) in [7, 11) is 4.83. The van der Waals surface area contributed by atoms with Gasteiger partial charge in [0.15, 0.2) is 5.75 Å². The molecule has 8 heteroatoms. The van der Waals surface area contributed by atoms with E-state index < -0.39 is 0 Å². The maximum absolute atomic E-state index is 13.5. The molecule has 196 valence electrons. The van der Waals surface area contributed by atoms with Crippen LogP contribution < -0.4 is 14.2 Å². The van der Waals surface area contributed by atoms with Crippen molar-refractivity contribution >= 4 is 16.8 Å². The molecule has 0 spiro atoms.